The van der Waals surface area contributed by atoms with Gasteiger partial charge in [-0.15, -0.1) is 0 Å². The van der Waals surface area contributed by atoms with E-state index in [2.05, 4.69) is 5.32 Å². The van der Waals surface area contributed by atoms with Gasteiger partial charge in [0.25, 0.3) is 0 Å². The molecule has 2 aromatic heterocycles. The smallest absolute Gasteiger partial charge is 0.400 e. The zero-order chi connectivity index (χ0) is 12.6. The summed E-state index contributed by atoms with van der Waals surface area (Å²) in [7, 11) is 3.76. The Morgan fingerprint density at radius 1 is 1.53 bits per heavy atom. The maximum absolute atomic E-state index is 10.6. The van der Waals surface area contributed by atoms with Gasteiger partial charge in [-0.3, -0.25) is 15.4 Å². The molecule has 0 spiro atoms. The molecule has 6 nitrogen and oxygen atoms in total. The van der Waals surface area contributed by atoms with Crippen LogP contribution < -0.4 is 9.88 Å². The zero-order valence-electron chi connectivity index (χ0n) is 9.68. The van der Waals surface area contributed by atoms with Gasteiger partial charge in [-0.2, -0.15) is 0 Å². The van der Waals surface area contributed by atoms with Crippen LogP contribution in [-0.2, 0) is 7.05 Å². The topological polar surface area (TPSA) is 72.2 Å². The SMILES string of the molecule is CNc1sc(-c2ccc([N+](=O)[O-])o2)c(C)[n+]1C. The molecule has 2 heterocycles. The Labute approximate surface area is 102 Å². The molecule has 0 amide bonds. The Hall–Kier alpha value is -1.89. The number of hydrogen-bond acceptors (Lipinski definition) is 5. The Kier molecular flexibility index (Phi) is 2.84. The number of furan rings is 1. The third-order valence-electron chi connectivity index (χ3n) is 2.54. The largest absolute Gasteiger partial charge is 0.433 e. The van der Waals surface area contributed by atoms with Crippen LogP contribution in [0, 0.1) is 17.0 Å². The van der Waals surface area contributed by atoms with Gasteiger partial charge in [0.1, 0.15) is 15.5 Å². The van der Waals surface area contributed by atoms with E-state index in [1.54, 1.807) is 6.07 Å². The molecule has 0 aromatic carbocycles. The molecule has 7 heteroatoms. The normalized spacial score (nSPS) is 10.5. The molecule has 0 bridgehead atoms. The van der Waals surface area contributed by atoms with E-state index in [1.807, 2.05) is 25.6 Å². The average Bonchev–Trinajstić information content (AvgIpc) is 2.87. The summed E-state index contributed by atoms with van der Waals surface area (Å²) >= 11 is 1.50. The van der Waals surface area contributed by atoms with Crippen LogP contribution >= 0.6 is 11.3 Å². The number of nitrogens with zero attached hydrogens (tertiary/aromatic N) is 2. The summed E-state index contributed by atoms with van der Waals surface area (Å²) in [6, 6.07) is 2.99. The first kappa shape index (κ1) is 11.6. The fourth-order valence-corrected chi connectivity index (χ4v) is 2.60. The predicted molar refractivity (Wildman–Crippen MR) is 64.1 cm³/mol. The lowest BCUT2D eigenvalue weighted by Gasteiger charge is -1.92. The minimum absolute atomic E-state index is 0.235. The van der Waals surface area contributed by atoms with E-state index < -0.39 is 4.92 Å². The Balaban J connectivity index is 2.49. The number of nitro groups is 1. The van der Waals surface area contributed by atoms with Crippen molar-refractivity contribution in [1.82, 2.24) is 0 Å². The minimum atomic E-state index is -0.536. The van der Waals surface area contributed by atoms with E-state index in [9.17, 15) is 10.1 Å². The number of rotatable bonds is 3. The highest BCUT2D eigenvalue weighted by Crippen LogP contribution is 2.33. The highest BCUT2D eigenvalue weighted by molar-refractivity contribution is 7.18. The molecule has 0 aliphatic rings. The maximum atomic E-state index is 10.6. The fourth-order valence-electron chi connectivity index (χ4n) is 1.54. The molecular formula is C10H12N3O3S+. The van der Waals surface area contributed by atoms with Crippen LogP contribution in [0.25, 0.3) is 10.6 Å². The monoisotopic (exact) mass is 254 g/mol. The number of nitrogens with one attached hydrogen (secondary N) is 1. The van der Waals surface area contributed by atoms with Crippen molar-refractivity contribution in [2.75, 3.05) is 12.4 Å². The number of thiazole rings is 1. The highest BCUT2D eigenvalue weighted by atomic mass is 32.1. The van der Waals surface area contributed by atoms with E-state index in [-0.39, 0.29) is 5.88 Å². The average molecular weight is 254 g/mol. The summed E-state index contributed by atoms with van der Waals surface area (Å²) in [5.74, 6) is 0.290. The van der Waals surface area contributed by atoms with Crippen LogP contribution in [0.3, 0.4) is 0 Å². The van der Waals surface area contributed by atoms with E-state index in [0.29, 0.717) is 5.76 Å². The van der Waals surface area contributed by atoms with Gasteiger partial charge in [0.2, 0.25) is 0 Å². The summed E-state index contributed by atoms with van der Waals surface area (Å²) in [5, 5.41) is 14.6. The molecule has 0 saturated carbocycles. The molecule has 0 radical (unpaired) electrons. The van der Waals surface area contributed by atoms with Gasteiger partial charge >= 0.3 is 11.0 Å². The summed E-state index contributed by atoms with van der Waals surface area (Å²) < 4.78 is 7.18. The van der Waals surface area contributed by atoms with Gasteiger partial charge in [-0.25, -0.2) is 4.57 Å². The van der Waals surface area contributed by atoms with E-state index >= 15 is 0 Å². The van der Waals surface area contributed by atoms with Gasteiger partial charge in [0.05, 0.1) is 20.2 Å². The lowest BCUT2D eigenvalue weighted by molar-refractivity contribution is -0.658. The quantitative estimate of drug-likeness (QED) is 0.517. The maximum Gasteiger partial charge on any atom is 0.433 e. The second-order valence-corrected chi connectivity index (χ2v) is 4.52. The lowest BCUT2D eigenvalue weighted by atomic mass is 10.3. The van der Waals surface area contributed by atoms with Crippen LogP contribution in [-0.4, -0.2) is 12.0 Å². The van der Waals surface area contributed by atoms with E-state index in [1.165, 1.54) is 17.4 Å². The van der Waals surface area contributed by atoms with Crippen molar-refractivity contribution >= 4 is 22.4 Å². The van der Waals surface area contributed by atoms with Crippen molar-refractivity contribution in [3.8, 4) is 10.6 Å². The van der Waals surface area contributed by atoms with Crippen LogP contribution in [0.4, 0.5) is 11.0 Å². The molecule has 2 aromatic rings. The third kappa shape index (κ3) is 1.89. The summed E-state index contributed by atoms with van der Waals surface area (Å²) in [6.07, 6.45) is 0. The van der Waals surface area contributed by atoms with Crippen LogP contribution in [0.1, 0.15) is 5.69 Å². The second-order valence-electron chi connectivity index (χ2n) is 3.53. The molecule has 0 atom stereocenters. The van der Waals surface area contributed by atoms with Gasteiger partial charge < -0.3 is 4.42 Å². The first-order chi connectivity index (χ1) is 8.04. The first-order valence-electron chi connectivity index (χ1n) is 4.96. The van der Waals surface area contributed by atoms with Gasteiger partial charge in [-0.05, 0) is 24.3 Å². The second kappa shape index (κ2) is 4.17. The summed E-state index contributed by atoms with van der Waals surface area (Å²) in [4.78, 5) is 10.9. The minimum Gasteiger partial charge on any atom is -0.400 e. The molecule has 0 aliphatic heterocycles. The highest BCUT2D eigenvalue weighted by Gasteiger charge is 2.22. The molecule has 2 rings (SSSR count). The number of anilines is 1. The Morgan fingerprint density at radius 2 is 2.24 bits per heavy atom. The molecule has 0 fully saturated rings. The van der Waals surface area contributed by atoms with Crippen LogP contribution in [0.2, 0.25) is 0 Å². The number of hydrogen-bond donors (Lipinski definition) is 1. The van der Waals surface area contributed by atoms with Crippen molar-refractivity contribution in [3.63, 3.8) is 0 Å². The first-order valence-corrected chi connectivity index (χ1v) is 5.78. The summed E-state index contributed by atoms with van der Waals surface area (Å²) in [6.45, 7) is 1.95. The van der Waals surface area contributed by atoms with Gasteiger partial charge in [0.15, 0.2) is 5.76 Å². The molecule has 1 N–H and O–H groups in total. The molecular weight excluding hydrogens is 242 g/mol. The molecule has 0 aliphatic carbocycles. The van der Waals surface area contributed by atoms with Crippen LogP contribution in [0.15, 0.2) is 16.5 Å². The fraction of sp³-hybridized carbons (Fsp3) is 0.300. The molecule has 0 unspecified atom stereocenters. The lowest BCUT2D eigenvalue weighted by Crippen LogP contribution is -2.31. The van der Waals surface area contributed by atoms with Crippen molar-refractivity contribution < 1.29 is 13.9 Å². The molecule has 90 valence electrons. The van der Waals surface area contributed by atoms with Gasteiger partial charge in [-0.1, -0.05) is 0 Å². The van der Waals surface area contributed by atoms with Crippen molar-refractivity contribution in [2.24, 2.45) is 7.05 Å². The zero-order valence-corrected chi connectivity index (χ0v) is 10.5. The summed E-state index contributed by atoms with van der Waals surface area (Å²) in [5.41, 5.74) is 1.00. The Morgan fingerprint density at radius 3 is 2.71 bits per heavy atom. The van der Waals surface area contributed by atoms with E-state index in [0.717, 1.165) is 15.7 Å². The molecule has 0 saturated heterocycles. The van der Waals surface area contributed by atoms with Crippen molar-refractivity contribution in [3.05, 3.63) is 27.9 Å². The van der Waals surface area contributed by atoms with Crippen molar-refractivity contribution in [1.29, 1.82) is 0 Å². The van der Waals surface area contributed by atoms with E-state index in [4.69, 9.17) is 4.42 Å². The van der Waals surface area contributed by atoms with Crippen molar-refractivity contribution in [2.45, 2.75) is 6.92 Å². The third-order valence-corrected chi connectivity index (χ3v) is 3.92. The standard InChI is InChI=1S/C10H11N3O3S/c1-6-9(17-10(11-2)12(6)3)7-4-5-8(16-7)13(14)15/h4-5H,1-3H3/p+1. The van der Waals surface area contributed by atoms with Crippen LogP contribution in [0.5, 0.6) is 0 Å². The Bertz CT molecular complexity index is 573. The molecule has 17 heavy (non-hydrogen) atoms. The predicted octanol–water partition coefficient (Wildman–Crippen LogP) is 2.09. The van der Waals surface area contributed by atoms with Gasteiger partial charge in [0, 0.05) is 0 Å². The number of aromatic nitrogens is 1.